The molecule has 2 nitrogen and oxygen atoms in total. The minimum atomic E-state index is -0.406. The molecule has 1 aromatic carbocycles. The second-order valence-electron chi connectivity index (χ2n) is 4.39. The quantitative estimate of drug-likeness (QED) is 0.895. The molecule has 1 aliphatic rings. The summed E-state index contributed by atoms with van der Waals surface area (Å²) in [6.07, 6.45) is 2.13. The first-order chi connectivity index (χ1) is 7.60. The van der Waals surface area contributed by atoms with E-state index in [1.54, 1.807) is 0 Å². The van der Waals surface area contributed by atoms with E-state index < -0.39 is 6.10 Å². The number of hydrogen-bond donors (Lipinski definition) is 1. The highest BCUT2D eigenvalue weighted by Crippen LogP contribution is 2.43. The highest BCUT2D eigenvalue weighted by Gasteiger charge is 2.37. The lowest BCUT2D eigenvalue weighted by Crippen LogP contribution is -2.39. The maximum atomic E-state index is 10.2. The molecule has 1 heterocycles. The van der Waals surface area contributed by atoms with Crippen molar-refractivity contribution in [2.75, 3.05) is 0 Å². The normalized spacial score (nSPS) is 22.4. The summed E-state index contributed by atoms with van der Waals surface area (Å²) in [5.74, 6) is 0.817. The van der Waals surface area contributed by atoms with Crippen LogP contribution in [0.25, 0.3) is 0 Å². The van der Waals surface area contributed by atoms with Gasteiger partial charge in [0.15, 0.2) is 0 Å². The lowest BCUT2D eigenvalue weighted by atomic mass is 9.85. The summed E-state index contributed by atoms with van der Waals surface area (Å²) in [5.41, 5.74) is 0.702. The van der Waals surface area contributed by atoms with Crippen molar-refractivity contribution >= 4 is 15.9 Å². The standard InChI is InChI=1S/C13H17BrO2/c1-3-13(4-2)8-11(15)10-6-5-9(14)7-12(10)16-13/h5-7,11,15H,3-4,8H2,1-2H3/t11-/m1/s1. The first-order valence-electron chi connectivity index (χ1n) is 5.77. The van der Waals surface area contributed by atoms with E-state index in [2.05, 4.69) is 29.8 Å². The van der Waals surface area contributed by atoms with Gasteiger partial charge in [-0.3, -0.25) is 0 Å². The molecule has 0 bridgehead atoms. The summed E-state index contributed by atoms with van der Waals surface area (Å²) in [6.45, 7) is 4.22. The van der Waals surface area contributed by atoms with Crippen LogP contribution < -0.4 is 4.74 Å². The van der Waals surface area contributed by atoms with E-state index in [1.165, 1.54) is 0 Å². The predicted octanol–water partition coefficient (Wildman–Crippen LogP) is 3.82. The van der Waals surface area contributed by atoms with Gasteiger partial charge in [0.2, 0.25) is 0 Å². The van der Waals surface area contributed by atoms with E-state index in [0.29, 0.717) is 6.42 Å². The van der Waals surface area contributed by atoms with Gasteiger partial charge in [-0.15, -0.1) is 0 Å². The van der Waals surface area contributed by atoms with Crippen molar-refractivity contribution < 1.29 is 9.84 Å². The molecule has 16 heavy (non-hydrogen) atoms. The molecule has 0 fully saturated rings. The summed E-state index contributed by atoms with van der Waals surface area (Å²) in [5, 5.41) is 10.2. The maximum absolute atomic E-state index is 10.2. The van der Waals surface area contributed by atoms with E-state index in [4.69, 9.17) is 4.74 Å². The molecular weight excluding hydrogens is 268 g/mol. The van der Waals surface area contributed by atoms with Crippen LogP contribution in [0.2, 0.25) is 0 Å². The van der Waals surface area contributed by atoms with Gasteiger partial charge < -0.3 is 9.84 Å². The van der Waals surface area contributed by atoms with Crippen LogP contribution in [0.1, 0.15) is 44.8 Å². The van der Waals surface area contributed by atoms with E-state index >= 15 is 0 Å². The van der Waals surface area contributed by atoms with E-state index in [0.717, 1.165) is 28.6 Å². The fourth-order valence-electron chi connectivity index (χ4n) is 2.29. The molecule has 1 aliphatic heterocycles. The Hall–Kier alpha value is -0.540. The van der Waals surface area contributed by atoms with Crippen LogP contribution in [0.5, 0.6) is 5.75 Å². The topological polar surface area (TPSA) is 29.5 Å². The van der Waals surface area contributed by atoms with Crippen LogP contribution in [-0.2, 0) is 0 Å². The van der Waals surface area contributed by atoms with Crippen LogP contribution in [0, 0.1) is 0 Å². The number of ether oxygens (including phenoxy) is 1. The van der Waals surface area contributed by atoms with Crippen LogP contribution in [0.15, 0.2) is 22.7 Å². The Kier molecular flexibility index (Phi) is 3.27. The molecule has 88 valence electrons. The van der Waals surface area contributed by atoms with Crippen LogP contribution >= 0.6 is 15.9 Å². The van der Waals surface area contributed by atoms with Gasteiger partial charge in [-0.2, -0.15) is 0 Å². The zero-order chi connectivity index (χ0) is 11.8. The monoisotopic (exact) mass is 284 g/mol. The molecule has 1 aromatic rings. The zero-order valence-electron chi connectivity index (χ0n) is 9.66. The van der Waals surface area contributed by atoms with Crippen LogP contribution in [0.3, 0.4) is 0 Å². The Balaban J connectivity index is 2.41. The predicted molar refractivity (Wildman–Crippen MR) is 67.7 cm³/mol. The average Bonchev–Trinajstić information content (AvgIpc) is 2.28. The number of benzene rings is 1. The maximum Gasteiger partial charge on any atom is 0.127 e. The van der Waals surface area contributed by atoms with Crippen molar-refractivity contribution in [3.8, 4) is 5.75 Å². The summed E-state index contributed by atoms with van der Waals surface area (Å²) in [6, 6.07) is 5.81. The molecule has 0 aromatic heterocycles. The van der Waals surface area contributed by atoms with Gasteiger partial charge in [0, 0.05) is 16.5 Å². The van der Waals surface area contributed by atoms with Crippen molar-refractivity contribution in [3.63, 3.8) is 0 Å². The van der Waals surface area contributed by atoms with Gasteiger partial charge in [0.25, 0.3) is 0 Å². The van der Waals surface area contributed by atoms with E-state index in [9.17, 15) is 5.11 Å². The number of hydrogen-bond acceptors (Lipinski definition) is 2. The average molecular weight is 285 g/mol. The Morgan fingerprint density at radius 2 is 2.12 bits per heavy atom. The Labute approximate surface area is 105 Å². The molecule has 1 N–H and O–H groups in total. The van der Waals surface area contributed by atoms with Crippen molar-refractivity contribution in [3.05, 3.63) is 28.2 Å². The molecule has 0 saturated heterocycles. The third-order valence-corrected chi connectivity index (χ3v) is 4.01. The molecule has 1 atom stereocenters. The smallest absolute Gasteiger partial charge is 0.127 e. The molecule has 2 rings (SSSR count). The molecule has 0 spiro atoms. The zero-order valence-corrected chi connectivity index (χ0v) is 11.3. The summed E-state index contributed by atoms with van der Waals surface area (Å²) < 4.78 is 7.07. The van der Waals surface area contributed by atoms with Gasteiger partial charge in [-0.1, -0.05) is 35.8 Å². The molecule has 0 radical (unpaired) electrons. The first-order valence-corrected chi connectivity index (χ1v) is 6.56. The van der Waals surface area contributed by atoms with Crippen molar-refractivity contribution in [2.45, 2.75) is 44.8 Å². The fourth-order valence-corrected chi connectivity index (χ4v) is 2.63. The molecule has 0 amide bonds. The van der Waals surface area contributed by atoms with Crippen molar-refractivity contribution in [2.24, 2.45) is 0 Å². The van der Waals surface area contributed by atoms with Gasteiger partial charge in [0.05, 0.1) is 6.10 Å². The number of fused-ring (bicyclic) bond motifs is 1. The second kappa shape index (κ2) is 4.38. The molecular formula is C13H17BrO2. The van der Waals surface area contributed by atoms with Gasteiger partial charge in [-0.05, 0) is 25.0 Å². The summed E-state index contributed by atoms with van der Waals surface area (Å²) in [7, 11) is 0. The Morgan fingerprint density at radius 3 is 2.75 bits per heavy atom. The summed E-state index contributed by atoms with van der Waals surface area (Å²) in [4.78, 5) is 0. The fraction of sp³-hybridized carbons (Fsp3) is 0.538. The number of rotatable bonds is 2. The number of halogens is 1. The minimum absolute atomic E-state index is 0.201. The van der Waals surface area contributed by atoms with Gasteiger partial charge >= 0.3 is 0 Å². The SMILES string of the molecule is CCC1(CC)C[C@@H](O)c2ccc(Br)cc2O1. The lowest BCUT2D eigenvalue weighted by molar-refractivity contribution is -0.0196. The lowest BCUT2D eigenvalue weighted by Gasteiger charge is -2.39. The summed E-state index contributed by atoms with van der Waals surface area (Å²) >= 11 is 3.43. The van der Waals surface area contributed by atoms with Gasteiger partial charge in [0.1, 0.15) is 11.4 Å². The van der Waals surface area contributed by atoms with Crippen molar-refractivity contribution in [1.82, 2.24) is 0 Å². The highest BCUT2D eigenvalue weighted by molar-refractivity contribution is 9.10. The minimum Gasteiger partial charge on any atom is -0.487 e. The van der Waals surface area contributed by atoms with Crippen LogP contribution in [-0.4, -0.2) is 10.7 Å². The molecule has 3 heteroatoms. The first kappa shape index (κ1) is 11.9. The molecule has 0 aliphatic carbocycles. The molecule has 0 saturated carbocycles. The third kappa shape index (κ3) is 1.98. The van der Waals surface area contributed by atoms with Crippen LogP contribution in [0.4, 0.5) is 0 Å². The van der Waals surface area contributed by atoms with Gasteiger partial charge in [-0.25, -0.2) is 0 Å². The highest BCUT2D eigenvalue weighted by atomic mass is 79.9. The largest absolute Gasteiger partial charge is 0.487 e. The van der Waals surface area contributed by atoms with Crippen molar-refractivity contribution in [1.29, 1.82) is 0 Å². The number of aliphatic hydroxyl groups excluding tert-OH is 1. The van der Waals surface area contributed by atoms with E-state index in [-0.39, 0.29) is 5.60 Å². The molecule has 0 unspecified atom stereocenters. The third-order valence-electron chi connectivity index (χ3n) is 3.52. The Bertz CT molecular complexity index is 386. The number of aliphatic hydroxyl groups is 1. The van der Waals surface area contributed by atoms with E-state index in [1.807, 2.05) is 18.2 Å². The second-order valence-corrected chi connectivity index (χ2v) is 5.31. The Morgan fingerprint density at radius 1 is 1.44 bits per heavy atom.